The molecule has 1 aliphatic heterocycles. The van der Waals surface area contributed by atoms with Crippen LogP contribution >= 0.6 is 11.8 Å². The molecule has 1 aliphatic rings. The first-order chi connectivity index (χ1) is 12.7. The van der Waals surface area contributed by atoms with Crippen LogP contribution in [-0.4, -0.2) is 34.9 Å². The molecule has 4 nitrogen and oxygen atoms in total. The van der Waals surface area contributed by atoms with Crippen LogP contribution in [0.1, 0.15) is 30.0 Å². The van der Waals surface area contributed by atoms with Gasteiger partial charge < -0.3 is 10.2 Å². The Hall–Kier alpha value is -2.27. The van der Waals surface area contributed by atoms with Crippen LogP contribution in [0.5, 0.6) is 0 Å². The third-order valence-corrected chi connectivity index (χ3v) is 5.45. The van der Waals surface area contributed by atoms with Crippen LogP contribution in [-0.2, 0) is 11.2 Å². The number of rotatable bonds is 8. The lowest BCUT2D eigenvalue weighted by Gasteiger charge is -2.21. The molecule has 1 fully saturated rings. The summed E-state index contributed by atoms with van der Waals surface area (Å²) < 4.78 is 0. The molecular weight excluding hydrogens is 344 g/mol. The number of carbonyl (C=O) groups is 2. The maximum Gasteiger partial charge on any atom is 0.281 e. The molecule has 2 aromatic rings. The molecule has 2 aromatic carbocycles. The van der Waals surface area contributed by atoms with Crippen molar-refractivity contribution < 1.29 is 9.59 Å². The smallest absolute Gasteiger partial charge is 0.281 e. The van der Waals surface area contributed by atoms with Gasteiger partial charge in [0.25, 0.3) is 5.24 Å². The van der Waals surface area contributed by atoms with E-state index in [9.17, 15) is 9.59 Å². The summed E-state index contributed by atoms with van der Waals surface area (Å²) in [6.45, 7) is 1.24. The summed E-state index contributed by atoms with van der Waals surface area (Å²) in [6.07, 6.45) is 2.10. The van der Waals surface area contributed by atoms with E-state index in [0.717, 1.165) is 30.7 Å². The first-order valence-electron chi connectivity index (χ1n) is 9.02. The molecular formula is C21H24N2O2S. The molecule has 0 spiro atoms. The van der Waals surface area contributed by atoms with Crippen LogP contribution in [0.4, 0.5) is 4.79 Å². The van der Waals surface area contributed by atoms with Gasteiger partial charge in [-0.15, -0.1) is 0 Å². The minimum atomic E-state index is -0.0208. The van der Waals surface area contributed by atoms with Gasteiger partial charge in [0, 0.05) is 25.3 Å². The van der Waals surface area contributed by atoms with Crippen molar-refractivity contribution in [1.82, 2.24) is 10.2 Å². The number of hydrogen-bond donors (Lipinski definition) is 1. The van der Waals surface area contributed by atoms with E-state index in [1.165, 1.54) is 17.3 Å². The highest BCUT2D eigenvalue weighted by Crippen LogP contribution is 2.20. The van der Waals surface area contributed by atoms with E-state index in [4.69, 9.17) is 0 Å². The predicted octanol–water partition coefficient (Wildman–Crippen LogP) is 4.04. The minimum Gasteiger partial charge on any atom is -0.349 e. The highest BCUT2D eigenvalue weighted by molar-refractivity contribution is 8.13. The molecule has 5 heteroatoms. The Labute approximate surface area is 159 Å². The monoisotopic (exact) mass is 368 g/mol. The summed E-state index contributed by atoms with van der Waals surface area (Å²) in [6, 6.07) is 20.4. The standard InChI is InChI=1S/C21H24N2O2S/c24-20(13-14-23-15-16-26-21(23)25)22-19(18-9-5-2-6-10-18)12-11-17-7-3-1-4-8-17/h1-10,19H,11-16H2,(H,22,24). The number of nitrogens with zero attached hydrogens (tertiary/aromatic N) is 1. The molecule has 2 amide bonds. The molecule has 0 bridgehead atoms. The molecule has 136 valence electrons. The van der Waals surface area contributed by atoms with Crippen molar-refractivity contribution in [3.8, 4) is 0 Å². The molecule has 26 heavy (non-hydrogen) atoms. The van der Waals surface area contributed by atoms with Crippen LogP contribution in [0, 0.1) is 0 Å². The second-order valence-electron chi connectivity index (χ2n) is 6.41. The van der Waals surface area contributed by atoms with Crippen molar-refractivity contribution >= 4 is 22.9 Å². The number of nitrogens with one attached hydrogen (secondary N) is 1. The Kier molecular flexibility index (Phi) is 6.72. The summed E-state index contributed by atoms with van der Waals surface area (Å²) in [5, 5.41) is 3.24. The highest BCUT2D eigenvalue weighted by Gasteiger charge is 2.22. The summed E-state index contributed by atoms with van der Waals surface area (Å²) in [5.41, 5.74) is 2.38. The SMILES string of the molecule is O=C(CCN1CCSC1=O)NC(CCc1ccccc1)c1ccccc1. The highest BCUT2D eigenvalue weighted by atomic mass is 32.2. The van der Waals surface area contributed by atoms with Gasteiger partial charge in [-0.3, -0.25) is 9.59 Å². The Morgan fingerprint density at radius 1 is 1.08 bits per heavy atom. The van der Waals surface area contributed by atoms with Crippen molar-refractivity contribution in [2.75, 3.05) is 18.8 Å². The van der Waals surface area contributed by atoms with E-state index in [1.807, 2.05) is 36.4 Å². The van der Waals surface area contributed by atoms with Crippen LogP contribution in [0.25, 0.3) is 0 Å². The average molecular weight is 369 g/mol. The van der Waals surface area contributed by atoms with Crippen LogP contribution < -0.4 is 5.32 Å². The van der Waals surface area contributed by atoms with Crippen molar-refractivity contribution in [3.63, 3.8) is 0 Å². The largest absolute Gasteiger partial charge is 0.349 e. The van der Waals surface area contributed by atoms with Crippen LogP contribution in [0.15, 0.2) is 60.7 Å². The quantitative estimate of drug-likeness (QED) is 0.765. The topological polar surface area (TPSA) is 49.4 Å². The van der Waals surface area contributed by atoms with Gasteiger partial charge in [0.2, 0.25) is 5.91 Å². The average Bonchev–Trinajstić information content (AvgIpc) is 3.10. The molecule has 1 atom stereocenters. The van der Waals surface area contributed by atoms with E-state index < -0.39 is 0 Å². The van der Waals surface area contributed by atoms with Crippen LogP contribution in [0.2, 0.25) is 0 Å². The number of carbonyl (C=O) groups excluding carboxylic acids is 2. The van der Waals surface area contributed by atoms with Crippen molar-refractivity contribution in [1.29, 1.82) is 0 Å². The first kappa shape index (κ1) is 18.5. The molecule has 3 rings (SSSR count). The number of amides is 2. The maximum atomic E-state index is 12.4. The van der Waals surface area contributed by atoms with E-state index in [1.54, 1.807) is 4.90 Å². The van der Waals surface area contributed by atoms with Gasteiger partial charge in [-0.05, 0) is 24.0 Å². The lowest BCUT2D eigenvalue weighted by Crippen LogP contribution is -2.33. The second-order valence-corrected chi connectivity index (χ2v) is 7.45. The van der Waals surface area contributed by atoms with Gasteiger partial charge in [0.15, 0.2) is 0 Å². The van der Waals surface area contributed by atoms with Gasteiger partial charge in [-0.1, -0.05) is 72.4 Å². The lowest BCUT2D eigenvalue weighted by molar-refractivity contribution is -0.122. The van der Waals surface area contributed by atoms with E-state index in [0.29, 0.717) is 13.0 Å². The summed E-state index contributed by atoms with van der Waals surface area (Å²) in [7, 11) is 0. The van der Waals surface area contributed by atoms with E-state index >= 15 is 0 Å². The molecule has 0 radical (unpaired) electrons. The molecule has 1 saturated heterocycles. The lowest BCUT2D eigenvalue weighted by atomic mass is 9.99. The minimum absolute atomic E-state index is 0.00313. The third-order valence-electron chi connectivity index (χ3n) is 4.56. The molecule has 1 N–H and O–H groups in total. The Morgan fingerprint density at radius 2 is 1.77 bits per heavy atom. The zero-order valence-electron chi connectivity index (χ0n) is 14.8. The number of aryl methyl sites for hydroxylation is 1. The molecule has 1 heterocycles. The molecule has 0 saturated carbocycles. The molecule has 0 aliphatic carbocycles. The molecule has 0 aromatic heterocycles. The fraction of sp³-hybridized carbons (Fsp3) is 0.333. The summed E-state index contributed by atoms with van der Waals surface area (Å²) in [4.78, 5) is 25.8. The third kappa shape index (κ3) is 5.36. The number of thioether (sulfide) groups is 1. The number of benzene rings is 2. The van der Waals surface area contributed by atoms with Crippen molar-refractivity contribution in [2.45, 2.75) is 25.3 Å². The normalized spacial score (nSPS) is 15.1. The predicted molar refractivity (Wildman–Crippen MR) is 106 cm³/mol. The van der Waals surface area contributed by atoms with Crippen LogP contribution in [0.3, 0.4) is 0 Å². The van der Waals surface area contributed by atoms with Gasteiger partial charge in [0.1, 0.15) is 0 Å². The van der Waals surface area contributed by atoms with Crippen molar-refractivity contribution in [3.05, 3.63) is 71.8 Å². The van der Waals surface area contributed by atoms with Gasteiger partial charge in [0.05, 0.1) is 6.04 Å². The summed E-state index contributed by atoms with van der Waals surface area (Å²) in [5.74, 6) is 0.820. The number of hydrogen-bond acceptors (Lipinski definition) is 3. The van der Waals surface area contributed by atoms with Gasteiger partial charge in [-0.25, -0.2) is 0 Å². The Balaban J connectivity index is 1.58. The fourth-order valence-corrected chi connectivity index (χ4v) is 3.95. The van der Waals surface area contributed by atoms with Gasteiger partial charge in [-0.2, -0.15) is 0 Å². The van der Waals surface area contributed by atoms with Crippen molar-refractivity contribution in [2.24, 2.45) is 0 Å². The van der Waals surface area contributed by atoms with E-state index in [-0.39, 0.29) is 17.2 Å². The van der Waals surface area contributed by atoms with Gasteiger partial charge >= 0.3 is 0 Å². The zero-order valence-corrected chi connectivity index (χ0v) is 15.6. The summed E-state index contributed by atoms with van der Waals surface area (Å²) >= 11 is 1.33. The first-order valence-corrected chi connectivity index (χ1v) is 10.0. The Bertz CT molecular complexity index is 721. The maximum absolute atomic E-state index is 12.4. The fourth-order valence-electron chi connectivity index (χ4n) is 3.10. The Morgan fingerprint density at radius 3 is 2.42 bits per heavy atom. The second kappa shape index (κ2) is 9.43. The van der Waals surface area contributed by atoms with E-state index in [2.05, 4.69) is 29.6 Å². The zero-order chi connectivity index (χ0) is 18.2. The molecule has 1 unspecified atom stereocenters.